The second kappa shape index (κ2) is 14.1. The topological polar surface area (TPSA) is 105 Å². The summed E-state index contributed by atoms with van der Waals surface area (Å²) in [6.07, 6.45) is 10.2. The maximum atomic E-state index is 8.19. The van der Waals surface area contributed by atoms with Crippen LogP contribution in [0.25, 0.3) is 6.08 Å². The molecule has 0 unspecified atom stereocenters. The van der Waals surface area contributed by atoms with Crippen LogP contribution in [0.3, 0.4) is 0 Å². The molecule has 0 heterocycles. The number of rotatable bonds is 3. The van der Waals surface area contributed by atoms with Crippen molar-refractivity contribution in [2.24, 2.45) is 0 Å². The van der Waals surface area contributed by atoms with Gasteiger partial charge in [0, 0.05) is 6.08 Å². The van der Waals surface area contributed by atoms with Gasteiger partial charge in [-0.3, -0.25) is 0 Å². The van der Waals surface area contributed by atoms with Gasteiger partial charge in [0.05, 0.1) is 6.07 Å². The maximum Gasteiger partial charge on any atom is 0.668 e. The molecule has 0 aliphatic heterocycles. The first-order valence-corrected chi connectivity index (χ1v) is 7.54. The molecular weight excluding hydrogens is 286 g/mol. The minimum absolute atomic E-state index is 1.14. The summed E-state index contributed by atoms with van der Waals surface area (Å²) < 4.78 is 0. The summed E-state index contributed by atoms with van der Waals surface area (Å²) in [6.45, 7) is 6.72. The highest BCUT2D eigenvalue weighted by Gasteiger charge is 2.22. The zero-order valence-electron chi connectivity index (χ0n) is 11.5. The fourth-order valence-corrected chi connectivity index (χ4v) is 0.829. The number of hydrogen-bond acceptors (Lipinski definition) is 5. The Morgan fingerprint density at radius 2 is 1.43 bits per heavy atom. The van der Waals surface area contributed by atoms with Gasteiger partial charge in [-0.15, -0.1) is 0 Å². The Morgan fingerprint density at radius 3 is 1.81 bits per heavy atom. The second-order valence-electron chi connectivity index (χ2n) is 3.33. The van der Waals surface area contributed by atoms with E-state index in [4.69, 9.17) is 24.4 Å². The normalized spacial score (nSPS) is 9.86. The summed E-state index contributed by atoms with van der Waals surface area (Å²) >= 11 is 0. The van der Waals surface area contributed by atoms with Crippen molar-refractivity contribution in [1.29, 1.82) is 5.26 Å². The van der Waals surface area contributed by atoms with Crippen molar-refractivity contribution < 1.29 is 19.2 Å². The van der Waals surface area contributed by atoms with E-state index in [1.165, 1.54) is 6.08 Å². The van der Waals surface area contributed by atoms with Crippen molar-refractivity contribution in [2.75, 3.05) is 0 Å². The molecule has 21 heavy (non-hydrogen) atoms. The highest BCUT2D eigenvalue weighted by Crippen LogP contribution is 2.00. The van der Waals surface area contributed by atoms with Crippen LogP contribution in [0, 0.1) is 11.3 Å². The Bertz CT molecular complexity index is 473. The number of allylic oxidation sites excluding steroid dienone is 5. The zero-order valence-corrected chi connectivity index (χ0v) is 12.5. The van der Waals surface area contributed by atoms with Crippen molar-refractivity contribution >= 4 is 15.1 Å². The second-order valence-corrected chi connectivity index (χ2v) is 4.53. The molecule has 6 heteroatoms. The van der Waals surface area contributed by atoms with Crippen molar-refractivity contribution in [2.45, 2.75) is 0 Å². The monoisotopic (exact) mass is 305 g/mol. The van der Waals surface area contributed by atoms with E-state index in [0.717, 1.165) is 5.56 Å². The van der Waals surface area contributed by atoms with Gasteiger partial charge < -0.3 is 19.2 Å². The molecule has 112 valence electrons. The summed E-state index contributed by atoms with van der Waals surface area (Å²) in [5, 5.41) is 8.19. The van der Waals surface area contributed by atoms with Gasteiger partial charge in [0.15, 0.2) is 0 Å². The van der Waals surface area contributed by atoms with E-state index in [2.05, 4.69) is 13.2 Å². The molecule has 0 saturated heterocycles. The van der Waals surface area contributed by atoms with Gasteiger partial charge in [-0.05, 0) is 5.56 Å². The van der Waals surface area contributed by atoms with Crippen molar-refractivity contribution in [3.05, 3.63) is 79.4 Å². The smallest absolute Gasteiger partial charge is 0.368 e. The van der Waals surface area contributed by atoms with Crippen molar-refractivity contribution in [3.63, 3.8) is 0 Å². The Labute approximate surface area is 125 Å². The Morgan fingerprint density at radius 1 is 0.952 bits per heavy atom. The van der Waals surface area contributed by atoms with Crippen LogP contribution in [-0.2, 0) is 0 Å². The average molecular weight is 305 g/mol. The van der Waals surface area contributed by atoms with E-state index in [-0.39, 0.29) is 0 Å². The Hall–Kier alpha value is -2.27. The molecule has 1 rings (SSSR count). The Kier molecular flexibility index (Phi) is 14.2. The fourth-order valence-electron chi connectivity index (χ4n) is 0.829. The fraction of sp³-hybridized carbons (Fsp3) is 0. The molecule has 0 atom stereocenters. The van der Waals surface area contributed by atoms with Crippen molar-refractivity contribution in [1.82, 2.24) is 0 Å². The van der Waals surface area contributed by atoms with Gasteiger partial charge in [0.25, 0.3) is 0 Å². The van der Waals surface area contributed by atoms with Crippen LogP contribution in [0.1, 0.15) is 5.56 Å². The van der Waals surface area contributed by atoms with E-state index in [1.54, 1.807) is 18.2 Å². The first-order chi connectivity index (χ1) is 9.85. The Balaban J connectivity index is 0. The predicted molar refractivity (Wildman–Crippen MR) is 85.3 cm³/mol. The van der Waals surface area contributed by atoms with Crippen LogP contribution in [-0.4, -0.2) is 28.2 Å². The number of nitrogens with zero attached hydrogens (tertiary/aromatic N) is 1. The summed E-state index contributed by atoms with van der Waals surface area (Å²) in [4.78, 5) is 29.3. The minimum atomic E-state index is -4.61. The van der Waals surface area contributed by atoms with Gasteiger partial charge in [-0.2, -0.15) is 5.26 Å². The van der Waals surface area contributed by atoms with Crippen LogP contribution >= 0.6 is 0 Å². The molecular formula is C15H19NO4Si. The van der Waals surface area contributed by atoms with Gasteiger partial charge >= 0.3 is 9.05 Å². The summed E-state index contributed by atoms with van der Waals surface area (Å²) in [5.74, 6) is 0. The van der Waals surface area contributed by atoms with E-state index in [9.17, 15) is 0 Å². The van der Waals surface area contributed by atoms with Crippen LogP contribution in [0.4, 0.5) is 0 Å². The lowest BCUT2D eigenvalue weighted by Gasteiger charge is -1.91. The van der Waals surface area contributed by atoms with Crippen LogP contribution < -0.4 is 0 Å². The molecule has 1 aromatic carbocycles. The van der Waals surface area contributed by atoms with E-state index in [0.29, 0.717) is 0 Å². The molecule has 0 saturated carbocycles. The molecule has 0 fully saturated rings. The third kappa shape index (κ3) is 27.1. The molecule has 0 radical (unpaired) electrons. The minimum Gasteiger partial charge on any atom is -0.368 e. The van der Waals surface area contributed by atoms with Crippen molar-refractivity contribution in [3.8, 4) is 6.07 Å². The van der Waals surface area contributed by atoms with Crippen LogP contribution in [0.5, 0.6) is 0 Å². The highest BCUT2D eigenvalue weighted by molar-refractivity contribution is 6.46. The van der Waals surface area contributed by atoms with Crippen LogP contribution in [0.2, 0.25) is 0 Å². The van der Waals surface area contributed by atoms with E-state index < -0.39 is 9.05 Å². The molecule has 0 aliphatic rings. The third-order valence-electron chi connectivity index (χ3n) is 1.54. The SMILES string of the molecule is C=CC=C.N#CC=CC=Cc1ccccc1.O[Si](O)(O)O. The van der Waals surface area contributed by atoms with Crippen LogP contribution in [0.15, 0.2) is 73.9 Å². The molecule has 0 bridgehead atoms. The van der Waals surface area contributed by atoms with E-state index in [1.807, 2.05) is 48.6 Å². The lowest BCUT2D eigenvalue weighted by Crippen LogP contribution is -2.33. The summed E-state index contributed by atoms with van der Waals surface area (Å²) in [7, 11) is -4.61. The molecule has 0 amide bonds. The maximum absolute atomic E-state index is 8.19. The van der Waals surface area contributed by atoms with Gasteiger partial charge in [-0.25, -0.2) is 0 Å². The molecule has 0 aromatic heterocycles. The standard InChI is InChI=1S/C11H9N.C4H6.H4O4Si/c12-10-6-2-5-9-11-7-3-1-4-8-11;1-3-4-2;1-5(2,3)4/h1-9H;3-4H,1-2H2;1-4H. The number of hydrogen-bond donors (Lipinski definition) is 4. The first-order valence-electron chi connectivity index (χ1n) is 5.76. The predicted octanol–water partition coefficient (Wildman–Crippen LogP) is 1.53. The lowest BCUT2D eigenvalue weighted by molar-refractivity contribution is 0.117. The third-order valence-corrected chi connectivity index (χ3v) is 1.54. The quantitative estimate of drug-likeness (QED) is 0.385. The first kappa shape index (κ1) is 21.0. The number of benzene rings is 1. The van der Waals surface area contributed by atoms with Gasteiger partial charge in [0.2, 0.25) is 0 Å². The summed E-state index contributed by atoms with van der Waals surface area (Å²) in [6, 6.07) is 11.9. The molecule has 1 aromatic rings. The average Bonchev–Trinajstić information content (AvgIpc) is 2.43. The molecule has 0 spiro atoms. The zero-order chi connectivity index (χ0) is 16.6. The van der Waals surface area contributed by atoms with E-state index >= 15 is 0 Å². The molecule has 4 N–H and O–H groups in total. The summed E-state index contributed by atoms with van der Waals surface area (Å²) in [5.41, 5.74) is 1.14. The largest absolute Gasteiger partial charge is 0.668 e. The van der Waals surface area contributed by atoms with Gasteiger partial charge in [0.1, 0.15) is 0 Å². The molecule has 5 nitrogen and oxygen atoms in total. The highest BCUT2D eigenvalue weighted by atomic mass is 28.4. The van der Waals surface area contributed by atoms with Gasteiger partial charge in [-0.1, -0.05) is 73.9 Å². The molecule has 0 aliphatic carbocycles. The number of nitriles is 1. The lowest BCUT2D eigenvalue weighted by atomic mass is 10.2.